The molecule has 1 saturated heterocycles. The van der Waals surface area contributed by atoms with E-state index < -0.39 is 22.2 Å². The van der Waals surface area contributed by atoms with Crippen molar-refractivity contribution >= 4 is 27.5 Å². The summed E-state index contributed by atoms with van der Waals surface area (Å²) in [5, 5.41) is 5.88. The molecular weight excluding hydrogens is 430 g/mol. The Kier molecular flexibility index (Phi) is 6.76. The minimum Gasteiger partial charge on any atom is -0.479 e. The Bertz CT molecular complexity index is 986. The first kappa shape index (κ1) is 23.0. The predicted octanol–water partition coefficient (Wildman–Crippen LogP) is 3.10. The minimum atomic E-state index is -3.90. The van der Waals surface area contributed by atoms with Crippen LogP contribution in [0.3, 0.4) is 0 Å². The van der Waals surface area contributed by atoms with E-state index in [0.29, 0.717) is 36.4 Å². The summed E-state index contributed by atoms with van der Waals surface area (Å²) in [6.07, 6.45) is 8.20. The molecule has 0 aromatic heterocycles. The molecule has 0 radical (unpaired) electrons. The molecule has 2 aliphatic heterocycles. The highest BCUT2D eigenvalue weighted by Gasteiger charge is 2.41. The maximum Gasteiger partial charge on any atom is 0.265 e. The molecule has 2 amide bonds. The summed E-state index contributed by atoms with van der Waals surface area (Å²) in [4.78, 5) is 25.1. The van der Waals surface area contributed by atoms with Crippen LogP contribution in [0.4, 0.5) is 5.69 Å². The zero-order chi connectivity index (χ0) is 22.9. The Morgan fingerprint density at radius 3 is 2.50 bits per heavy atom. The largest absolute Gasteiger partial charge is 0.479 e. The van der Waals surface area contributed by atoms with Gasteiger partial charge in [0.2, 0.25) is 15.9 Å². The Morgan fingerprint density at radius 1 is 1.09 bits per heavy atom. The monoisotopic (exact) mass is 463 g/mol. The third kappa shape index (κ3) is 4.64. The van der Waals surface area contributed by atoms with Crippen LogP contribution in [0, 0.1) is 6.92 Å². The van der Waals surface area contributed by atoms with Crippen molar-refractivity contribution in [3.8, 4) is 5.75 Å². The molecular formula is C23H33N3O5S. The first-order valence-electron chi connectivity index (χ1n) is 11.7. The maximum absolute atomic E-state index is 13.6. The number of carbonyl (C=O) groups is 2. The highest BCUT2D eigenvalue weighted by atomic mass is 32.2. The van der Waals surface area contributed by atoms with Crippen molar-refractivity contribution in [1.82, 2.24) is 9.62 Å². The summed E-state index contributed by atoms with van der Waals surface area (Å²) in [6.45, 7) is 3.62. The van der Waals surface area contributed by atoms with Crippen LogP contribution in [0.5, 0.6) is 5.75 Å². The lowest BCUT2D eigenvalue weighted by Gasteiger charge is -2.28. The van der Waals surface area contributed by atoms with Crippen LogP contribution in [-0.2, 0) is 19.6 Å². The average molecular weight is 464 g/mol. The Balaban J connectivity index is 1.54. The van der Waals surface area contributed by atoms with Crippen LogP contribution in [0.1, 0.15) is 70.3 Å². The van der Waals surface area contributed by atoms with Gasteiger partial charge in [0.05, 0.1) is 10.6 Å². The molecule has 9 heteroatoms. The molecule has 1 aromatic rings. The molecule has 1 aromatic carbocycles. The third-order valence-corrected chi connectivity index (χ3v) is 8.80. The fourth-order valence-corrected chi connectivity index (χ4v) is 6.81. The number of nitrogens with one attached hydrogen (secondary N) is 2. The van der Waals surface area contributed by atoms with Gasteiger partial charge in [-0.05, 0) is 51.2 Å². The van der Waals surface area contributed by atoms with Crippen LogP contribution in [0.15, 0.2) is 17.0 Å². The molecule has 176 valence electrons. The second-order valence-electron chi connectivity index (χ2n) is 9.19. The van der Waals surface area contributed by atoms with Crippen LogP contribution in [0.25, 0.3) is 0 Å². The zero-order valence-electron chi connectivity index (χ0n) is 18.9. The molecule has 32 heavy (non-hydrogen) atoms. The van der Waals surface area contributed by atoms with E-state index in [4.69, 9.17) is 4.74 Å². The molecule has 0 unspecified atom stereocenters. The summed E-state index contributed by atoms with van der Waals surface area (Å²) in [5.74, 6) is -0.126. The zero-order valence-corrected chi connectivity index (χ0v) is 19.7. The van der Waals surface area contributed by atoms with E-state index >= 15 is 0 Å². The van der Waals surface area contributed by atoms with E-state index in [-0.39, 0.29) is 22.8 Å². The molecule has 3 aliphatic rings. The quantitative estimate of drug-likeness (QED) is 0.714. The van der Waals surface area contributed by atoms with Gasteiger partial charge in [0.15, 0.2) is 6.10 Å². The molecule has 1 saturated carbocycles. The van der Waals surface area contributed by atoms with E-state index in [1.54, 1.807) is 19.9 Å². The summed E-state index contributed by atoms with van der Waals surface area (Å²) < 4.78 is 34.2. The van der Waals surface area contributed by atoms with E-state index in [1.807, 2.05) is 0 Å². The second kappa shape index (κ2) is 9.39. The van der Waals surface area contributed by atoms with Gasteiger partial charge in [-0.2, -0.15) is 4.31 Å². The van der Waals surface area contributed by atoms with Crippen molar-refractivity contribution in [3.05, 3.63) is 17.7 Å². The van der Waals surface area contributed by atoms with Gasteiger partial charge in [-0.1, -0.05) is 32.1 Å². The highest BCUT2D eigenvalue weighted by molar-refractivity contribution is 7.89. The summed E-state index contributed by atoms with van der Waals surface area (Å²) >= 11 is 0. The average Bonchev–Trinajstić information content (AvgIpc) is 3.22. The van der Waals surface area contributed by atoms with Crippen LogP contribution >= 0.6 is 0 Å². The van der Waals surface area contributed by atoms with E-state index in [1.165, 1.54) is 29.6 Å². The topological polar surface area (TPSA) is 105 Å². The van der Waals surface area contributed by atoms with Gasteiger partial charge < -0.3 is 15.4 Å². The Morgan fingerprint density at radius 2 is 1.78 bits per heavy atom. The fourth-order valence-electron chi connectivity index (χ4n) is 4.93. The van der Waals surface area contributed by atoms with Gasteiger partial charge >= 0.3 is 0 Å². The minimum absolute atomic E-state index is 0.116. The van der Waals surface area contributed by atoms with Crippen molar-refractivity contribution < 1.29 is 22.7 Å². The molecule has 2 atom stereocenters. The second-order valence-corrected chi connectivity index (χ2v) is 11.0. The van der Waals surface area contributed by atoms with E-state index in [0.717, 1.165) is 25.7 Å². The van der Waals surface area contributed by atoms with Gasteiger partial charge in [0, 0.05) is 18.7 Å². The number of nitrogens with zero attached hydrogens (tertiary/aromatic N) is 1. The molecule has 2 fully saturated rings. The number of hydrogen-bond acceptors (Lipinski definition) is 5. The molecule has 4 rings (SSSR count). The molecule has 1 aliphatic carbocycles. The van der Waals surface area contributed by atoms with Gasteiger partial charge in [0.25, 0.3) is 5.91 Å². The number of rotatable bonds is 4. The fraction of sp³-hybridized carbons (Fsp3) is 0.652. The predicted molar refractivity (Wildman–Crippen MR) is 121 cm³/mol. The van der Waals surface area contributed by atoms with Crippen molar-refractivity contribution in [2.24, 2.45) is 0 Å². The SMILES string of the molecule is Cc1cc2c(cc1S(=O)(=O)N1CCC[C@@H]1C(=O)NC1CCCCCCC1)O[C@@H](C)C(=O)N2. The highest BCUT2D eigenvalue weighted by Crippen LogP contribution is 2.37. The number of benzene rings is 1. The first-order valence-corrected chi connectivity index (χ1v) is 13.2. The smallest absolute Gasteiger partial charge is 0.265 e. The standard InChI is InChI=1S/C23H33N3O5S/c1-15-13-18-20(31-16(2)22(27)25-18)14-21(15)32(29,30)26-12-8-11-19(26)23(28)24-17-9-6-4-3-5-7-10-17/h13-14,16-17,19H,3-12H2,1-2H3,(H,24,28)(H,25,27)/t16-,19+/m0/s1. The van der Waals surface area contributed by atoms with Crippen molar-refractivity contribution in [2.45, 2.75) is 94.7 Å². The van der Waals surface area contributed by atoms with Crippen LogP contribution in [-0.4, -0.2) is 49.3 Å². The number of carbonyl (C=O) groups excluding carboxylic acids is 2. The molecule has 2 heterocycles. The number of hydrogen-bond donors (Lipinski definition) is 2. The molecule has 8 nitrogen and oxygen atoms in total. The molecule has 0 spiro atoms. The van der Waals surface area contributed by atoms with Crippen LogP contribution < -0.4 is 15.4 Å². The summed E-state index contributed by atoms with van der Waals surface area (Å²) in [7, 11) is -3.90. The normalized spacial score (nSPS) is 25.2. The number of amides is 2. The van der Waals surface area contributed by atoms with Crippen molar-refractivity contribution in [1.29, 1.82) is 0 Å². The summed E-state index contributed by atoms with van der Waals surface area (Å²) in [6, 6.07) is 2.52. The van der Waals surface area contributed by atoms with Gasteiger partial charge in [0.1, 0.15) is 11.8 Å². The van der Waals surface area contributed by atoms with E-state index in [2.05, 4.69) is 10.6 Å². The van der Waals surface area contributed by atoms with E-state index in [9.17, 15) is 18.0 Å². The van der Waals surface area contributed by atoms with Crippen molar-refractivity contribution in [3.63, 3.8) is 0 Å². The Hall–Kier alpha value is -2.13. The lowest BCUT2D eigenvalue weighted by molar-refractivity contribution is -0.125. The van der Waals surface area contributed by atoms with Crippen LogP contribution in [0.2, 0.25) is 0 Å². The van der Waals surface area contributed by atoms with Gasteiger partial charge in [-0.25, -0.2) is 8.42 Å². The first-order chi connectivity index (χ1) is 15.3. The third-order valence-electron chi connectivity index (χ3n) is 6.75. The Labute approximate surface area is 190 Å². The maximum atomic E-state index is 13.6. The summed E-state index contributed by atoms with van der Waals surface area (Å²) in [5.41, 5.74) is 0.970. The lowest BCUT2D eigenvalue weighted by Crippen LogP contribution is -2.49. The molecule has 0 bridgehead atoms. The lowest BCUT2D eigenvalue weighted by atomic mass is 9.96. The van der Waals surface area contributed by atoms with Gasteiger partial charge in [-0.15, -0.1) is 0 Å². The number of anilines is 1. The number of sulfonamides is 1. The van der Waals surface area contributed by atoms with Crippen molar-refractivity contribution in [2.75, 3.05) is 11.9 Å². The van der Waals surface area contributed by atoms with Gasteiger partial charge in [-0.3, -0.25) is 9.59 Å². The molecule has 2 N–H and O–H groups in total. The number of ether oxygens (including phenoxy) is 1. The number of fused-ring (bicyclic) bond motifs is 1. The number of aryl methyl sites for hydroxylation is 1.